The van der Waals surface area contributed by atoms with Crippen LogP contribution in [-0.4, -0.2) is 29.4 Å². The number of carbonyl (C=O) groups is 1. The third-order valence-electron chi connectivity index (χ3n) is 5.78. The van der Waals surface area contributed by atoms with Crippen LogP contribution in [0.15, 0.2) is 58.1 Å². The average Bonchev–Trinajstić information content (AvgIpc) is 3.40. The smallest absolute Gasteiger partial charge is 0.416 e. The lowest BCUT2D eigenvalue weighted by Crippen LogP contribution is -2.04. The van der Waals surface area contributed by atoms with Gasteiger partial charge in [0.15, 0.2) is 5.76 Å². The molecule has 0 spiro atoms. The molecular weight excluding hydrogens is 493 g/mol. The zero-order valence-electron chi connectivity index (χ0n) is 20.0. The van der Waals surface area contributed by atoms with Crippen molar-refractivity contribution in [3.05, 3.63) is 71.0 Å². The molecule has 0 aliphatic rings. The molecule has 2 heterocycles. The number of esters is 1. The standard InChI is InChI=1S/C26H25F3N2O4S/c1-4-34-14-21-22(30-35-25(21)16-5-7-18(8-6-16)26(27,28)29)15-36-19-9-10-20-17(11-24(32)33-3)13-31(2)23(20)12-19/h5-10,12-13H,4,11,14-15H2,1-3H3. The Morgan fingerprint density at radius 2 is 1.92 bits per heavy atom. The fraction of sp³-hybridized carbons (Fsp3) is 0.308. The van der Waals surface area contributed by atoms with Gasteiger partial charge in [-0.3, -0.25) is 4.79 Å². The molecule has 0 unspecified atom stereocenters. The van der Waals surface area contributed by atoms with Crippen LogP contribution in [0.4, 0.5) is 13.2 Å². The molecular formula is C26H25F3N2O4S. The zero-order chi connectivity index (χ0) is 25.9. The molecule has 0 fully saturated rings. The van der Waals surface area contributed by atoms with Crippen LogP contribution in [0.3, 0.4) is 0 Å². The van der Waals surface area contributed by atoms with Crippen molar-refractivity contribution >= 4 is 28.6 Å². The molecule has 190 valence electrons. The number of hydrogen-bond donors (Lipinski definition) is 0. The monoisotopic (exact) mass is 518 g/mol. The van der Waals surface area contributed by atoms with Crippen LogP contribution in [-0.2, 0) is 46.3 Å². The molecule has 0 saturated heterocycles. The Morgan fingerprint density at radius 3 is 2.58 bits per heavy atom. The van der Waals surface area contributed by atoms with E-state index < -0.39 is 11.7 Å². The molecule has 0 atom stereocenters. The number of aryl methyl sites for hydroxylation is 1. The second-order valence-corrected chi connectivity index (χ2v) is 9.18. The number of carbonyl (C=O) groups excluding carboxylic acids is 1. The highest BCUT2D eigenvalue weighted by Gasteiger charge is 2.30. The van der Waals surface area contributed by atoms with Gasteiger partial charge in [-0.05, 0) is 36.8 Å². The number of fused-ring (bicyclic) bond motifs is 1. The Hall–Kier alpha value is -3.24. The maximum Gasteiger partial charge on any atom is 0.416 e. The quantitative estimate of drug-likeness (QED) is 0.189. The van der Waals surface area contributed by atoms with Crippen LogP contribution < -0.4 is 0 Å². The molecule has 0 bridgehead atoms. The number of nitrogens with zero attached hydrogens (tertiary/aromatic N) is 2. The number of halogens is 3. The Balaban J connectivity index is 1.56. The highest BCUT2D eigenvalue weighted by molar-refractivity contribution is 7.98. The van der Waals surface area contributed by atoms with E-state index in [9.17, 15) is 18.0 Å². The van der Waals surface area contributed by atoms with Gasteiger partial charge in [0.2, 0.25) is 0 Å². The van der Waals surface area contributed by atoms with Gasteiger partial charge < -0.3 is 18.6 Å². The van der Waals surface area contributed by atoms with Crippen LogP contribution in [0, 0.1) is 0 Å². The molecule has 2 aromatic carbocycles. The summed E-state index contributed by atoms with van der Waals surface area (Å²) in [4.78, 5) is 12.7. The van der Waals surface area contributed by atoms with E-state index in [0.29, 0.717) is 34.9 Å². The van der Waals surface area contributed by atoms with Crippen LogP contribution in [0.25, 0.3) is 22.2 Å². The molecule has 10 heteroatoms. The van der Waals surface area contributed by atoms with E-state index in [1.807, 2.05) is 42.9 Å². The maximum atomic E-state index is 12.9. The van der Waals surface area contributed by atoms with E-state index in [2.05, 4.69) is 5.16 Å². The second-order valence-electron chi connectivity index (χ2n) is 8.13. The summed E-state index contributed by atoms with van der Waals surface area (Å²) in [5, 5.41) is 5.18. The first-order valence-corrected chi connectivity index (χ1v) is 12.2. The molecule has 0 radical (unpaired) electrons. The van der Waals surface area contributed by atoms with E-state index >= 15 is 0 Å². The number of thioether (sulfide) groups is 1. The minimum Gasteiger partial charge on any atom is -0.469 e. The Morgan fingerprint density at radius 1 is 1.17 bits per heavy atom. The molecule has 0 aliphatic carbocycles. The minimum atomic E-state index is -4.41. The van der Waals surface area contributed by atoms with Crippen molar-refractivity contribution < 1.29 is 32.0 Å². The highest BCUT2D eigenvalue weighted by Crippen LogP contribution is 2.35. The summed E-state index contributed by atoms with van der Waals surface area (Å²) in [5.74, 6) is 0.591. The van der Waals surface area contributed by atoms with Crippen molar-refractivity contribution in [2.75, 3.05) is 13.7 Å². The number of benzene rings is 2. The molecule has 36 heavy (non-hydrogen) atoms. The Bertz CT molecular complexity index is 1360. The van der Waals surface area contributed by atoms with E-state index in [1.165, 1.54) is 19.2 Å². The zero-order valence-corrected chi connectivity index (χ0v) is 20.8. The number of alkyl halides is 3. The topological polar surface area (TPSA) is 66.5 Å². The van der Waals surface area contributed by atoms with Gasteiger partial charge in [0.05, 0.1) is 31.4 Å². The van der Waals surface area contributed by atoms with Gasteiger partial charge in [-0.2, -0.15) is 13.2 Å². The summed E-state index contributed by atoms with van der Waals surface area (Å²) in [6.45, 7) is 2.57. The van der Waals surface area contributed by atoms with Crippen molar-refractivity contribution in [3.63, 3.8) is 0 Å². The van der Waals surface area contributed by atoms with Crippen LogP contribution in [0.5, 0.6) is 0 Å². The van der Waals surface area contributed by atoms with Gasteiger partial charge in [0, 0.05) is 52.5 Å². The van der Waals surface area contributed by atoms with Gasteiger partial charge >= 0.3 is 12.1 Å². The van der Waals surface area contributed by atoms with Gasteiger partial charge in [-0.25, -0.2) is 0 Å². The normalized spacial score (nSPS) is 11.8. The molecule has 4 rings (SSSR count). The van der Waals surface area contributed by atoms with E-state index in [-0.39, 0.29) is 19.0 Å². The average molecular weight is 519 g/mol. The summed E-state index contributed by atoms with van der Waals surface area (Å²) in [6, 6.07) is 10.8. The van der Waals surface area contributed by atoms with E-state index in [0.717, 1.165) is 33.5 Å². The first kappa shape index (κ1) is 25.8. The summed E-state index contributed by atoms with van der Waals surface area (Å²) in [7, 11) is 3.29. The molecule has 4 aromatic rings. The minimum absolute atomic E-state index is 0.201. The first-order chi connectivity index (χ1) is 17.2. The lowest BCUT2D eigenvalue weighted by atomic mass is 10.1. The largest absolute Gasteiger partial charge is 0.469 e. The predicted molar refractivity (Wildman–Crippen MR) is 130 cm³/mol. The number of aromatic nitrogens is 2. The highest BCUT2D eigenvalue weighted by atomic mass is 32.2. The van der Waals surface area contributed by atoms with E-state index in [4.69, 9.17) is 14.0 Å². The van der Waals surface area contributed by atoms with Gasteiger partial charge in [0.1, 0.15) is 0 Å². The fourth-order valence-electron chi connectivity index (χ4n) is 3.90. The summed E-state index contributed by atoms with van der Waals surface area (Å²) < 4.78 is 56.8. The van der Waals surface area contributed by atoms with Crippen molar-refractivity contribution in [1.29, 1.82) is 0 Å². The Labute approximate surface area is 210 Å². The molecule has 0 amide bonds. The van der Waals surface area contributed by atoms with Gasteiger partial charge in [-0.15, -0.1) is 11.8 Å². The van der Waals surface area contributed by atoms with Gasteiger partial charge in [-0.1, -0.05) is 23.4 Å². The molecule has 6 nitrogen and oxygen atoms in total. The third-order valence-corrected chi connectivity index (χ3v) is 6.78. The molecule has 0 aliphatic heterocycles. The number of methoxy groups -OCH3 is 1. The molecule has 0 saturated carbocycles. The van der Waals surface area contributed by atoms with Crippen LogP contribution in [0.1, 0.15) is 29.3 Å². The summed E-state index contributed by atoms with van der Waals surface area (Å²) >= 11 is 1.55. The summed E-state index contributed by atoms with van der Waals surface area (Å²) in [5.41, 5.74) is 3.04. The van der Waals surface area contributed by atoms with Crippen LogP contribution in [0.2, 0.25) is 0 Å². The molecule has 0 N–H and O–H groups in total. The SMILES string of the molecule is CCOCc1c(CSc2ccc3c(CC(=O)OC)cn(C)c3c2)noc1-c1ccc(C(F)(F)F)cc1. The first-order valence-electron chi connectivity index (χ1n) is 11.2. The fourth-order valence-corrected chi connectivity index (χ4v) is 4.79. The van der Waals surface area contributed by atoms with Crippen molar-refractivity contribution in [3.8, 4) is 11.3 Å². The van der Waals surface area contributed by atoms with Crippen molar-refractivity contribution in [1.82, 2.24) is 9.72 Å². The number of hydrogen-bond acceptors (Lipinski definition) is 6. The van der Waals surface area contributed by atoms with Crippen molar-refractivity contribution in [2.24, 2.45) is 7.05 Å². The molecule has 2 aromatic heterocycles. The lowest BCUT2D eigenvalue weighted by Gasteiger charge is -2.08. The maximum absolute atomic E-state index is 12.9. The van der Waals surface area contributed by atoms with E-state index in [1.54, 1.807) is 11.8 Å². The lowest BCUT2D eigenvalue weighted by molar-refractivity contribution is -0.140. The third kappa shape index (κ3) is 5.60. The Kier molecular flexibility index (Phi) is 7.75. The number of rotatable bonds is 9. The predicted octanol–water partition coefficient (Wildman–Crippen LogP) is 6.40. The van der Waals surface area contributed by atoms with Crippen molar-refractivity contribution in [2.45, 2.75) is 36.8 Å². The van der Waals surface area contributed by atoms with Gasteiger partial charge in [0.25, 0.3) is 0 Å². The second kappa shape index (κ2) is 10.8. The number of ether oxygens (including phenoxy) is 2. The summed E-state index contributed by atoms with van der Waals surface area (Å²) in [6.07, 6.45) is -2.29. The van der Waals surface area contributed by atoms with Crippen LogP contribution >= 0.6 is 11.8 Å².